The molecule has 3 heterocycles. The molecule has 0 fully saturated rings. The average molecular weight is 324 g/mol. The van der Waals surface area contributed by atoms with E-state index in [0.29, 0.717) is 23.3 Å². The van der Waals surface area contributed by atoms with E-state index in [2.05, 4.69) is 25.6 Å². The molecule has 0 amide bonds. The van der Waals surface area contributed by atoms with Gasteiger partial charge in [0.1, 0.15) is 5.69 Å². The van der Waals surface area contributed by atoms with Crippen molar-refractivity contribution in [3.05, 3.63) is 42.3 Å². The molecule has 0 unspecified atom stereocenters. The molecular weight excluding hydrogens is 312 g/mol. The van der Waals surface area contributed by atoms with E-state index in [1.165, 1.54) is 0 Å². The Balaban J connectivity index is 1.72. The molecule has 7 nitrogen and oxygen atoms in total. The van der Waals surface area contributed by atoms with Crippen LogP contribution in [0.2, 0.25) is 0 Å². The number of H-pyrrole nitrogens is 1. The number of hydrogen-bond donors (Lipinski definition) is 2. The summed E-state index contributed by atoms with van der Waals surface area (Å²) in [5, 5.41) is 18.4. The molecule has 0 aliphatic rings. The fourth-order valence-electron chi connectivity index (χ4n) is 2.26. The summed E-state index contributed by atoms with van der Waals surface area (Å²) in [5.74, 6) is 1.46. The molecule has 4 rings (SSSR count). The molecule has 114 valence electrons. The smallest absolute Gasteiger partial charge is 0.247 e. The number of benzene rings is 1. The largest absolute Gasteiger partial charge is 0.421 e. The minimum atomic E-state index is 0.397. The molecule has 1 aromatic carbocycles. The summed E-state index contributed by atoms with van der Waals surface area (Å²) >= 11 is 1.60. The van der Waals surface area contributed by atoms with Crippen molar-refractivity contribution in [3.8, 4) is 32.5 Å². The number of hydrogen-bond acceptors (Lipinski definition) is 7. The second kappa shape index (κ2) is 5.33. The lowest BCUT2D eigenvalue weighted by molar-refractivity contribution is 0.533. The van der Waals surface area contributed by atoms with E-state index in [0.717, 1.165) is 20.9 Å². The number of nitrogens with one attached hydrogen (secondary N) is 1. The van der Waals surface area contributed by atoms with Gasteiger partial charge in [-0.25, -0.2) is 0 Å². The second-order valence-electron chi connectivity index (χ2n) is 4.93. The summed E-state index contributed by atoms with van der Waals surface area (Å²) in [7, 11) is 0. The first-order chi connectivity index (χ1) is 11.2. The lowest BCUT2D eigenvalue weighted by Crippen LogP contribution is -1.86. The molecule has 8 heteroatoms. The molecule has 0 atom stereocenters. The zero-order valence-corrected chi connectivity index (χ0v) is 13.0. The zero-order valence-electron chi connectivity index (χ0n) is 12.1. The van der Waals surface area contributed by atoms with Crippen LogP contribution in [0.1, 0.15) is 5.89 Å². The van der Waals surface area contributed by atoms with Crippen LogP contribution < -0.4 is 5.73 Å². The molecule has 3 aromatic heterocycles. The highest BCUT2D eigenvalue weighted by Crippen LogP contribution is 2.36. The Hall–Kier alpha value is -3.00. The standard InChI is InChI=1S/C15H12N6OS/c1-8-17-20-15(22-8)10-4-2-3-9(7-10)11-5-6-12(23-11)13-14(16)19-21-18-13/h2-7H,1H3,(H3,16,18,19,21). The van der Waals surface area contributed by atoms with Crippen LogP contribution in [0.3, 0.4) is 0 Å². The molecule has 0 spiro atoms. The van der Waals surface area contributed by atoms with Crippen LogP contribution in [-0.4, -0.2) is 25.6 Å². The number of nitrogens with two attached hydrogens (primary N) is 1. The Labute approximate surface area is 135 Å². The van der Waals surface area contributed by atoms with Crippen LogP contribution in [0.15, 0.2) is 40.8 Å². The van der Waals surface area contributed by atoms with Crippen LogP contribution >= 0.6 is 11.3 Å². The Kier molecular flexibility index (Phi) is 3.16. The van der Waals surface area contributed by atoms with E-state index < -0.39 is 0 Å². The Bertz CT molecular complexity index is 970. The molecule has 3 N–H and O–H groups in total. The first-order valence-electron chi connectivity index (χ1n) is 6.88. The van der Waals surface area contributed by atoms with E-state index >= 15 is 0 Å². The summed E-state index contributed by atoms with van der Waals surface area (Å²) in [6, 6.07) is 12.0. The Morgan fingerprint density at radius 1 is 1.04 bits per heavy atom. The molecule has 0 radical (unpaired) electrons. The lowest BCUT2D eigenvalue weighted by Gasteiger charge is -2.00. The fraction of sp³-hybridized carbons (Fsp3) is 0.0667. The highest BCUT2D eigenvalue weighted by atomic mass is 32.1. The normalized spacial score (nSPS) is 11.0. The summed E-state index contributed by atoms with van der Waals surface area (Å²) in [5.41, 5.74) is 8.42. The molecule has 0 bridgehead atoms. The maximum absolute atomic E-state index is 5.80. The van der Waals surface area contributed by atoms with Crippen LogP contribution in [-0.2, 0) is 0 Å². The van der Waals surface area contributed by atoms with Crippen molar-refractivity contribution < 1.29 is 4.42 Å². The van der Waals surface area contributed by atoms with Crippen LogP contribution in [0.5, 0.6) is 0 Å². The first-order valence-corrected chi connectivity index (χ1v) is 7.70. The van der Waals surface area contributed by atoms with Crippen molar-refractivity contribution in [3.63, 3.8) is 0 Å². The Morgan fingerprint density at radius 3 is 2.61 bits per heavy atom. The fourth-order valence-corrected chi connectivity index (χ4v) is 3.26. The predicted molar refractivity (Wildman–Crippen MR) is 87.6 cm³/mol. The van der Waals surface area contributed by atoms with Gasteiger partial charge in [0.05, 0.1) is 4.88 Å². The molecule has 23 heavy (non-hydrogen) atoms. The lowest BCUT2D eigenvalue weighted by atomic mass is 10.1. The SMILES string of the molecule is Cc1nnc(-c2cccc(-c3ccc(-c4n[nH]nc4N)s3)c2)o1. The predicted octanol–water partition coefficient (Wildman–Crippen LogP) is 3.14. The number of nitrogen functional groups attached to an aromatic ring is 1. The average Bonchev–Trinajstić information content (AvgIpc) is 3.27. The van der Waals surface area contributed by atoms with Gasteiger partial charge < -0.3 is 10.2 Å². The third kappa shape index (κ3) is 2.49. The highest BCUT2D eigenvalue weighted by Gasteiger charge is 2.12. The first kappa shape index (κ1) is 13.6. The summed E-state index contributed by atoms with van der Waals surface area (Å²) < 4.78 is 5.48. The van der Waals surface area contributed by atoms with Crippen LogP contribution in [0.4, 0.5) is 5.82 Å². The number of aromatic amines is 1. The Morgan fingerprint density at radius 2 is 1.87 bits per heavy atom. The number of aryl methyl sites for hydroxylation is 1. The van der Waals surface area contributed by atoms with Crippen molar-refractivity contribution in [1.82, 2.24) is 25.6 Å². The third-order valence-corrected chi connectivity index (χ3v) is 4.48. The van der Waals surface area contributed by atoms with E-state index in [-0.39, 0.29) is 0 Å². The van der Waals surface area contributed by atoms with Gasteiger partial charge in [-0.2, -0.15) is 10.3 Å². The van der Waals surface area contributed by atoms with Crippen molar-refractivity contribution >= 4 is 17.2 Å². The number of anilines is 1. The molecule has 0 aliphatic heterocycles. The molecule has 4 aromatic rings. The number of nitrogens with zero attached hydrogens (tertiary/aromatic N) is 4. The maximum Gasteiger partial charge on any atom is 0.247 e. The van der Waals surface area contributed by atoms with E-state index in [1.54, 1.807) is 18.3 Å². The second-order valence-corrected chi connectivity index (χ2v) is 6.01. The van der Waals surface area contributed by atoms with Gasteiger partial charge in [0.15, 0.2) is 5.82 Å². The van der Waals surface area contributed by atoms with Gasteiger partial charge in [0.25, 0.3) is 0 Å². The van der Waals surface area contributed by atoms with Crippen LogP contribution in [0.25, 0.3) is 32.5 Å². The van der Waals surface area contributed by atoms with E-state index in [9.17, 15) is 0 Å². The van der Waals surface area contributed by atoms with Gasteiger partial charge in [-0.3, -0.25) is 0 Å². The van der Waals surface area contributed by atoms with E-state index in [4.69, 9.17) is 10.2 Å². The van der Waals surface area contributed by atoms with Gasteiger partial charge in [-0.05, 0) is 29.8 Å². The summed E-state index contributed by atoms with van der Waals surface area (Å²) in [4.78, 5) is 2.06. The van der Waals surface area contributed by atoms with Crippen molar-refractivity contribution in [1.29, 1.82) is 0 Å². The molecule has 0 saturated carbocycles. The number of aromatic nitrogens is 5. The van der Waals surface area contributed by atoms with Gasteiger partial charge in [-0.15, -0.1) is 26.6 Å². The minimum absolute atomic E-state index is 0.397. The third-order valence-electron chi connectivity index (χ3n) is 3.33. The van der Waals surface area contributed by atoms with Crippen molar-refractivity contribution in [2.45, 2.75) is 6.92 Å². The molecule has 0 saturated heterocycles. The monoisotopic (exact) mass is 324 g/mol. The number of thiophene rings is 1. The van der Waals surface area contributed by atoms with Gasteiger partial charge in [0.2, 0.25) is 11.8 Å². The summed E-state index contributed by atoms with van der Waals surface area (Å²) in [6.45, 7) is 1.77. The molecular formula is C15H12N6OS. The molecule has 0 aliphatic carbocycles. The maximum atomic E-state index is 5.80. The minimum Gasteiger partial charge on any atom is -0.421 e. The van der Waals surface area contributed by atoms with Gasteiger partial charge in [0, 0.05) is 17.4 Å². The topological polar surface area (TPSA) is 107 Å². The quantitative estimate of drug-likeness (QED) is 0.599. The van der Waals surface area contributed by atoms with Gasteiger partial charge >= 0.3 is 0 Å². The van der Waals surface area contributed by atoms with Crippen LogP contribution in [0, 0.1) is 6.92 Å². The van der Waals surface area contributed by atoms with Crippen molar-refractivity contribution in [2.75, 3.05) is 5.73 Å². The zero-order chi connectivity index (χ0) is 15.8. The number of rotatable bonds is 3. The van der Waals surface area contributed by atoms with Gasteiger partial charge in [-0.1, -0.05) is 12.1 Å². The van der Waals surface area contributed by atoms with Crippen molar-refractivity contribution in [2.24, 2.45) is 0 Å². The van der Waals surface area contributed by atoms with E-state index in [1.807, 2.05) is 36.4 Å². The summed E-state index contributed by atoms with van der Waals surface area (Å²) in [6.07, 6.45) is 0. The highest BCUT2D eigenvalue weighted by molar-refractivity contribution is 7.18.